The molecule has 1 fully saturated rings. The lowest BCUT2D eigenvalue weighted by Gasteiger charge is -2.29. The monoisotopic (exact) mass is 546 g/mol. The lowest BCUT2D eigenvalue weighted by Crippen LogP contribution is -2.45. The van der Waals surface area contributed by atoms with Crippen LogP contribution in [0.4, 0.5) is 5.69 Å². The molecule has 0 saturated carbocycles. The number of aryl methyl sites for hydroxylation is 2. The number of rotatable bonds is 11. The van der Waals surface area contributed by atoms with Crippen molar-refractivity contribution in [1.82, 2.24) is 14.9 Å². The molecule has 3 atom stereocenters. The Hall–Kier alpha value is -4.05. The first-order valence-corrected chi connectivity index (χ1v) is 13.8. The van der Waals surface area contributed by atoms with Crippen LogP contribution in [0.1, 0.15) is 43.5 Å². The van der Waals surface area contributed by atoms with E-state index in [1.165, 1.54) is 0 Å². The Kier molecular flexibility index (Phi) is 8.54. The molecule has 210 valence electrons. The number of aromatic nitrogens is 3. The number of unbranched alkanes of at least 4 members (excludes halogenated alkanes) is 1. The molecule has 1 amide bonds. The molecule has 5 rings (SSSR count). The molecule has 2 aliphatic heterocycles. The third-order valence-corrected chi connectivity index (χ3v) is 7.75. The van der Waals surface area contributed by atoms with Gasteiger partial charge in [-0.2, -0.15) is 0 Å². The van der Waals surface area contributed by atoms with Gasteiger partial charge in [0.05, 0.1) is 12.5 Å². The largest absolute Gasteiger partial charge is 0.481 e. The Morgan fingerprint density at radius 2 is 1.95 bits per heavy atom. The molecule has 0 spiro atoms. The molecule has 3 aromatic rings. The molecule has 1 aromatic carbocycles. The van der Waals surface area contributed by atoms with Gasteiger partial charge in [0.2, 0.25) is 12.7 Å². The van der Waals surface area contributed by atoms with Crippen molar-refractivity contribution in [1.29, 1.82) is 0 Å². The fraction of sp³-hybridized carbons (Fsp3) is 0.433. The van der Waals surface area contributed by atoms with Gasteiger partial charge in [0.1, 0.15) is 18.6 Å². The van der Waals surface area contributed by atoms with Crippen LogP contribution in [-0.2, 0) is 23.1 Å². The standard InChI is InChI=1S/C30H35N5O5/c1-3-4-15-35(22-7-5-14-33(2)17-22)28(36)19-34-18-23(21-8-10-25-26(16-21)40-20-39-25)29(30(37)38)24(34)9-11-27-31-12-6-13-32-27/h5-8,10,12-14,16-17,23-24,29H,3-4,9,11,15,18-20H2,1-2H3/p+1/t23-,24+,29?/m1/s1. The predicted octanol–water partition coefficient (Wildman–Crippen LogP) is 2.96. The van der Waals surface area contributed by atoms with Gasteiger partial charge in [-0.15, -0.1) is 0 Å². The van der Waals surface area contributed by atoms with Crippen LogP contribution in [0, 0.1) is 5.92 Å². The molecule has 0 aliphatic carbocycles. The number of ether oxygens (including phenoxy) is 2. The Balaban J connectivity index is 1.44. The maximum atomic E-state index is 13.9. The molecular formula is C30H36N5O5+. The summed E-state index contributed by atoms with van der Waals surface area (Å²) in [4.78, 5) is 39.2. The summed E-state index contributed by atoms with van der Waals surface area (Å²) in [6.45, 7) is 3.41. The molecule has 40 heavy (non-hydrogen) atoms. The average Bonchev–Trinajstić information content (AvgIpc) is 3.57. The van der Waals surface area contributed by atoms with Gasteiger partial charge in [0, 0.05) is 49.9 Å². The van der Waals surface area contributed by atoms with Gasteiger partial charge in [0.15, 0.2) is 23.9 Å². The number of carboxylic acid groups (broad SMARTS) is 1. The molecule has 1 N–H and O–H groups in total. The van der Waals surface area contributed by atoms with Crippen molar-refractivity contribution in [2.75, 3.05) is 31.3 Å². The van der Waals surface area contributed by atoms with Crippen LogP contribution in [0.3, 0.4) is 0 Å². The summed E-state index contributed by atoms with van der Waals surface area (Å²) in [6, 6.07) is 10.9. The van der Waals surface area contributed by atoms with E-state index in [0.717, 1.165) is 24.1 Å². The van der Waals surface area contributed by atoms with E-state index in [2.05, 4.69) is 16.9 Å². The minimum absolute atomic E-state index is 0.0453. The number of nitrogens with zero attached hydrogens (tertiary/aromatic N) is 5. The fourth-order valence-electron chi connectivity index (χ4n) is 5.77. The normalized spacial score (nSPS) is 20.0. The third kappa shape index (κ3) is 6.07. The highest BCUT2D eigenvalue weighted by Crippen LogP contribution is 2.43. The fourth-order valence-corrected chi connectivity index (χ4v) is 5.77. The van der Waals surface area contributed by atoms with Crippen LogP contribution in [0.2, 0.25) is 0 Å². The Morgan fingerprint density at radius 1 is 1.15 bits per heavy atom. The van der Waals surface area contributed by atoms with E-state index in [9.17, 15) is 14.7 Å². The zero-order valence-electron chi connectivity index (χ0n) is 23.0. The van der Waals surface area contributed by atoms with Gasteiger partial charge in [0.25, 0.3) is 0 Å². The first-order valence-electron chi connectivity index (χ1n) is 13.8. The number of hydrogen-bond acceptors (Lipinski definition) is 7. The Bertz CT molecular complexity index is 1340. The van der Waals surface area contributed by atoms with Crippen LogP contribution in [-0.4, -0.2) is 64.3 Å². The van der Waals surface area contributed by atoms with E-state index < -0.39 is 11.9 Å². The van der Waals surface area contributed by atoms with Crippen molar-refractivity contribution in [2.24, 2.45) is 13.0 Å². The van der Waals surface area contributed by atoms with Gasteiger partial charge >= 0.3 is 5.97 Å². The second kappa shape index (κ2) is 12.4. The Morgan fingerprint density at radius 3 is 2.70 bits per heavy atom. The quantitative estimate of drug-likeness (QED) is 0.366. The summed E-state index contributed by atoms with van der Waals surface area (Å²) >= 11 is 0. The second-order valence-electron chi connectivity index (χ2n) is 10.4. The molecular weight excluding hydrogens is 510 g/mol. The summed E-state index contributed by atoms with van der Waals surface area (Å²) in [5, 5.41) is 10.5. The third-order valence-electron chi connectivity index (χ3n) is 7.75. The smallest absolute Gasteiger partial charge is 0.308 e. The topological polar surface area (TPSA) is 109 Å². The zero-order valence-corrected chi connectivity index (χ0v) is 23.0. The van der Waals surface area contributed by atoms with Crippen molar-refractivity contribution >= 4 is 17.6 Å². The number of benzene rings is 1. The van der Waals surface area contributed by atoms with E-state index in [1.807, 2.05) is 64.1 Å². The molecule has 2 aliphatic rings. The van der Waals surface area contributed by atoms with Crippen molar-refractivity contribution in [2.45, 2.75) is 44.6 Å². The van der Waals surface area contributed by atoms with Crippen LogP contribution >= 0.6 is 0 Å². The molecule has 1 saturated heterocycles. The van der Waals surface area contributed by atoms with E-state index >= 15 is 0 Å². The van der Waals surface area contributed by atoms with E-state index in [4.69, 9.17) is 9.47 Å². The van der Waals surface area contributed by atoms with E-state index in [1.54, 1.807) is 18.5 Å². The van der Waals surface area contributed by atoms with Crippen LogP contribution in [0.25, 0.3) is 0 Å². The summed E-state index contributed by atoms with van der Waals surface area (Å²) in [5.41, 5.74) is 1.70. The minimum atomic E-state index is -0.880. The summed E-state index contributed by atoms with van der Waals surface area (Å²) < 4.78 is 13.0. The number of hydrogen-bond donors (Lipinski definition) is 1. The number of likely N-dealkylation sites (tertiary alicyclic amines) is 1. The van der Waals surface area contributed by atoms with Gasteiger partial charge in [-0.1, -0.05) is 19.4 Å². The SMILES string of the molecule is CCCCN(C(=O)CN1C[C@H](c2ccc3c(c2)OCO3)C(C(=O)O)[C@@H]1CCc1ncccn1)c1ccc[n+](C)c1. The highest BCUT2D eigenvalue weighted by molar-refractivity contribution is 5.94. The summed E-state index contributed by atoms with van der Waals surface area (Å²) in [6.07, 6.45) is 10.1. The molecule has 10 nitrogen and oxygen atoms in total. The maximum Gasteiger partial charge on any atom is 0.308 e. The predicted molar refractivity (Wildman–Crippen MR) is 147 cm³/mol. The van der Waals surface area contributed by atoms with Gasteiger partial charge in [-0.3, -0.25) is 14.5 Å². The van der Waals surface area contributed by atoms with Crippen molar-refractivity contribution < 1.29 is 28.7 Å². The number of anilines is 1. The number of aliphatic carboxylic acids is 1. The lowest BCUT2D eigenvalue weighted by molar-refractivity contribution is -0.670. The minimum Gasteiger partial charge on any atom is -0.481 e. The molecule has 0 radical (unpaired) electrons. The van der Waals surface area contributed by atoms with Gasteiger partial charge in [-0.05, 0) is 42.7 Å². The maximum absolute atomic E-state index is 13.9. The van der Waals surface area contributed by atoms with Gasteiger partial charge < -0.3 is 19.5 Å². The molecule has 1 unspecified atom stereocenters. The Labute approximate surface area is 234 Å². The van der Waals surface area contributed by atoms with Crippen molar-refractivity contribution in [3.05, 3.63) is 72.6 Å². The second-order valence-corrected chi connectivity index (χ2v) is 10.4. The molecule has 0 bridgehead atoms. The van der Waals surface area contributed by atoms with Crippen LogP contribution < -0.4 is 18.9 Å². The highest BCUT2D eigenvalue weighted by atomic mass is 16.7. The van der Waals surface area contributed by atoms with Crippen molar-refractivity contribution in [3.8, 4) is 11.5 Å². The number of fused-ring (bicyclic) bond motifs is 1. The highest BCUT2D eigenvalue weighted by Gasteiger charge is 2.47. The first-order chi connectivity index (χ1) is 19.4. The number of amides is 1. The summed E-state index contributed by atoms with van der Waals surface area (Å²) in [5.74, 6) is -0.0267. The van der Waals surface area contributed by atoms with E-state index in [-0.39, 0.29) is 31.2 Å². The van der Waals surface area contributed by atoms with Crippen LogP contribution in [0.15, 0.2) is 61.2 Å². The number of carbonyl (C=O) groups excluding carboxylic acids is 1. The molecule has 2 aromatic heterocycles. The molecule has 4 heterocycles. The average molecular weight is 547 g/mol. The van der Waals surface area contributed by atoms with Gasteiger partial charge in [-0.25, -0.2) is 14.5 Å². The lowest BCUT2D eigenvalue weighted by atomic mass is 9.83. The van der Waals surface area contributed by atoms with Crippen LogP contribution in [0.5, 0.6) is 11.5 Å². The zero-order chi connectivity index (χ0) is 28.1. The van der Waals surface area contributed by atoms with Crippen molar-refractivity contribution in [3.63, 3.8) is 0 Å². The number of carbonyl (C=O) groups is 2. The first kappa shape index (κ1) is 27.5. The number of carboxylic acids is 1. The molecule has 10 heteroatoms. The van der Waals surface area contributed by atoms with E-state index in [0.29, 0.717) is 43.3 Å². The summed E-state index contributed by atoms with van der Waals surface area (Å²) in [7, 11) is 1.93. The number of pyridine rings is 1.